The zero-order valence-electron chi connectivity index (χ0n) is 19.4. The molecule has 174 valence electrons. The molecular formula is C26H28FN7. The minimum atomic E-state index is -0.273. The predicted octanol–water partition coefficient (Wildman–Crippen LogP) is 3.36. The number of nitrogens with zero attached hydrogens (tertiary/aromatic N) is 6. The summed E-state index contributed by atoms with van der Waals surface area (Å²) in [7, 11) is 2.21. The van der Waals surface area contributed by atoms with Crippen molar-refractivity contribution in [3.8, 4) is 22.5 Å². The summed E-state index contributed by atoms with van der Waals surface area (Å²) in [5.41, 5.74) is 11.9. The zero-order valence-corrected chi connectivity index (χ0v) is 19.4. The summed E-state index contributed by atoms with van der Waals surface area (Å²) in [4.78, 5) is 14.2. The van der Waals surface area contributed by atoms with Crippen LogP contribution in [0.1, 0.15) is 11.3 Å². The normalized spacial score (nSPS) is 20.4. The number of aromatic nitrogens is 4. The Kier molecular flexibility index (Phi) is 5.08. The number of anilines is 1. The number of nitrogens with two attached hydrogens (primary N) is 1. The molecule has 34 heavy (non-hydrogen) atoms. The number of fused-ring (bicyclic) bond motifs is 2. The highest BCUT2D eigenvalue weighted by Crippen LogP contribution is 2.37. The number of pyridine rings is 1. The van der Waals surface area contributed by atoms with E-state index in [2.05, 4.69) is 34.8 Å². The lowest BCUT2D eigenvalue weighted by atomic mass is 10.0. The Bertz CT molecular complexity index is 1350. The van der Waals surface area contributed by atoms with E-state index >= 15 is 0 Å². The van der Waals surface area contributed by atoms with Crippen LogP contribution in [0.4, 0.5) is 10.2 Å². The van der Waals surface area contributed by atoms with Crippen LogP contribution in [0.5, 0.6) is 0 Å². The van der Waals surface area contributed by atoms with Gasteiger partial charge in [-0.15, -0.1) is 5.10 Å². The predicted molar refractivity (Wildman–Crippen MR) is 131 cm³/mol. The van der Waals surface area contributed by atoms with Crippen LogP contribution in [0.15, 0.2) is 48.7 Å². The molecule has 0 spiro atoms. The van der Waals surface area contributed by atoms with Crippen LogP contribution < -0.4 is 10.6 Å². The summed E-state index contributed by atoms with van der Waals surface area (Å²) in [5.74, 6) is 2.10. The first-order valence-corrected chi connectivity index (χ1v) is 11.8. The Hall–Kier alpha value is -3.36. The van der Waals surface area contributed by atoms with E-state index in [9.17, 15) is 4.39 Å². The molecule has 2 atom stereocenters. The summed E-state index contributed by atoms with van der Waals surface area (Å²) in [6, 6.07) is 12.5. The molecule has 2 saturated heterocycles. The second-order valence-electron chi connectivity index (χ2n) is 9.62. The molecule has 6 rings (SSSR count). The van der Waals surface area contributed by atoms with E-state index in [1.165, 1.54) is 12.1 Å². The van der Waals surface area contributed by atoms with Crippen molar-refractivity contribution in [1.82, 2.24) is 24.5 Å². The smallest absolute Gasteiger partial charge is 0.155 e. The maximum Gasteiger partial charge on any atom is 0.155 e. The number of benzene rings is 1. The molecule has 1 aromatic carbocycles. The average molecular weight is 458 g/mol. The minimum absolute atomic E-state index is 0.273. The summed E-state index contributed by atoms with van der Waals surface area (Å²) in [6.07, 6.45) is 1.76. The Morgan fingerprint density at radius 1 is 1.00 bits per heavy atom. The van der Waals surface area contributed by atoms with Crippen LogP contribution in [-0.2, 0) is 6.54 Å². The Balaban J connectivity index is 1.52. The first-order valence-electron chi connectivity index (χ1n) is 11.8. The Morgan fingerprint density at radius 3 is 2.44 bits per heavy atom. The van der Waals surface area contributed by atoms with Crippen LogP contribution in [0, 0.1) is 24.6 Å². The van der Waals surface area contributed by atoms with Crippen molar-refractivity contribution in [3.05, 3.63) is 65.7 Å². The average Bonchev–Trinajstić information content (AvgIpc) is 3.49. The van der Waals surface area contributed by atoms with Gasteiger partial charge in [0.2, 0.25) is 0 Å². The zero-order chi connectivity index (χ0) is 23.4. The molecule has 4 aromatic rings. The number of likely N-dealkylation sites (tertiary alicyclic amines) is 1. The Labute approximate surface area is 198 Å². The highest BCUT2D eigenvalue weighted by molar-refractivity contribution is 5.82. The van der Waals surface area contributed by atoms with E-state index < -0.39 is 0 Å². The third kappa shape index (κ3) is 3.54. The summed E-state index contributed by atoms with van der Waals surface area (Å²) >= 11 is 0. The number of hydrogen-bond donors (Lipinski definition) is 1. The van der Waals surface area contributed by atoms with Gasteiger partial charge in [0.25, 0.3) is 0 Å². The maximum absolute atomic E-state index is 13.7. The van der Waals surface area contributed by atoms with E-state index in [-0.39, 0.29) is 5.82 Å². The first-order chi connectivity index (χ1) is 16.5. The second-order valence-corrected chi connectivity index (χ2v) is 9.62. The van der Waals surface area contributed by atoms with E-state index in [1.807, 2.05) is 16.6 Å². The molecule has 2 unspecified atom stereocenters. The summed E-state index contributed by atoms with van der Waals surface area (Å²) < 4.78 is 15.6. The maximum atomic E-state index is 13.7. The van der Waals surface area contributed by atoms with Crippen LogP contribution in [-0.4, -0.2) is 57.7 Å². The van der Waals surface area contributed by atoms with E-state index in [1.54, 1.807) is 18.3 Å². The van der Waals surface area contributed by atoms with Crippen molar-refractivity contribution < 1.29 is 4.39 Å². The van der Waals surface area contributed by atoms with Crippen molar-refractivity contribution in [2.24, 2.45) is 17.6 Å². The SMILES string of the molecule is Cc1cc2nc(-c3ccc(F)cc3)c(-c3ccnc(CN)c3)n2nc1N1CC2CN(C)CC2C1. The van der Waals surface area contributed by atoms with Gasteiger partial charge in [-0.3, -0.25) is 4.98 Å². The van der Waals surface area contributed by atoms with Crippen molar-refractivity contribution in [3.63, 3.8) is 0 Å². The number of aryl methyl sites for hydroxylation is 1. The minimum Gasteiger partial charge on any atom is -0.354 e. The largest absolute Gasteiger partial charge is 0.354 e. The third-order valence-corrected chi connectivity index (χ3v) is 7.16. The van der Waals surface area contributed by atoms with Gasteiger partial charge < -0.3 is 15.5 Å². The molecule has 2 N–H and O–H groups in total. The van der Waals surface area contributed by atoms with Crippen LogP contribution in [0.3, 0.4) is 0 Å². The summed E-state index contributed by atoms with van der Waals surface area (Å²) in [6.45, 7) is 6.79. The molecule has 0 saturated carbocycles. The van der Waals surface area contributed by atoms with E-state index in [0.29, 0.717) is 18.4 Å². The molecule has 2 fully saturated rings. The fraction of sp³-hybridized carbons (Fsp3) is 0.346. The topological polar surface area (TPSA) is 75.6 Å². The molecule has 0 aliphatic carbocycles. The number of imidazole rings is 1. The molecule has 2 aliphatic heterocycles. The number of rotatable bonds is 4. The van der Waals surface area contributed by atoms with Crippen LogP contribution in [0.2, 0.25) is 0 Å². The van der Waals surface area contributed by atoms with Gasteiger partial charge in [0.05, 0.1) is 11.4 Å². The molecule has 3 aromatic heterocycles. The van der Waals surface area contributed by atoms with Gasteiger partial charge in [-0.2, -0.15) is 0 Å². The molecule has 5 heterocycles. The Morgan fingerprint density at radius 2 is 1.74 bits per heavy atom. The molecule has 2 aliphatic rings. The lowest BCUT2D eigenvalue weighted by molar-refractivity contribution is 0.386. The fourth-order valence-corrected chi connectivity index (χ4v) is 5.57. The molecule has 0 radical (unpaired) electrons. The van der Waals surface area contributed by atoms with Crippen molar-refractivity contribution in [1.29, 1.82) is 0 Å². The lowest BCUT2D eigenvalue weighted by Crippen LogP contribution is -2.28. The van der Waals surface area contributed by atoms with Crippen LogP contribution >= 0.6 is 0 Å². The van der Waals surface area contributed by atoms with E-state index in [4.69, 9.17) is 15.8 Å². The fourth-order valence-electron chi connectivity index (χ4n) is 5.57. The number of hydrogen-bond acceptors (Lipinski definition) is 6. The van der Waals surface area contributed by atoms with Crippen LogP contribution in [0.25, 0.3) is 28.2 Å². The highest BCUT2D eigenvalue weighted by atomic mass is 19.1. The van der Waals surface area contributed by atoms with Crippen molar-refractivity contribution >= 4 is 11.5 Å². The molecule has 8 heteroatoms. The highest BCUT2D eigenvalue weighted by Gasteiger charge is 2.39. The van der Waals surface area contributed by atoms with Gasteiger partial charge in [0.1, 0.15) is 11.5 Å². The standard InChI is InChI=1S/C26H28FN7/c1-16-9-23-30-24(17-3-5-21(27)6-4-17)25(18-7-8-29-22(10-18)11-28)34(23)31-26(16)33-14-19-12-32(2)13-20(19)15-33/h3-10,19-20H,11-15,28H2,1-2H3. The molecule has 0 bridgehead atoms. The van der Waals surface area contributed by atoms with Gasteiger partial charge in [-0.05, 0) is 73.8 Å². The first kappa shape index (κ1) is 21.2. The van der Waals surface area contributed by atoms with Gasteiger partial charge in [0.15, 0.2) is 11.5 Å². The summed E-state index contributed by atoms with van der Waals surface area (Å²) in [5, 5.41) is 5.14. The van der Waals surface area contributed by atoms with Crippen molar-refractivity contribution in [2.75, 3.05) is 38.1 Å². The second kappa shape index (κ2) is 8.14. The van der Waals surface area contributed by atoms with Gasteiger partial charge in [0, 0.05) is 50.0 Å². The molecule has 7 nitrogen and oxygen atoms in total. The van der Waals surface area contributed by atoms with Crippen molar-refractivity contribution in [2.45, 2.75) is 13.5 Å². The van der Waals surface area contributed by atoms with Gasteiger partial charge in [-0.1, -0.05) is 0 Å². The third-order valence-electron chi connectivity index (χ3n) is 7.16. The quantitative estimate of drug-likeness (QED) is 0.507. The van der Waals surface area contributed by atoms with E-state index in [0.717, 1.165) is 71.4 Å². The van der Waals surface area contributed by atoms with Gasteiger partial charge >= 0.3 is 0 Å². The monoisotopic (exact) mass is 457 g/mol. The molecule has 0 amide bonds. The number of halogens is 1. The lowest BCUT2D eigenvalue weighted by Gasteiger charge is -2.22. The van der Waals surface area contributed by atoms with Gasteiger partial charge in [-0.25, -0.2) is 13.9 Å². The molecular weight excluding hydrogens is 429 g/mol.